The van der Waals surface area contributed by atoms with Crippen molar-refractivity contribution in [2.24, 2.45) is 0 Å². The standard InChI is InChI=1S/C9H2F6N4O4S2/c1-18-5(3-16)24(20,21)8(12,13)7(10,11)9(14,15)25(22,23)6(4-17)19-2/h5,17H. The topological polar surface area (TPSA) is 125 Å². The van der Waals surface area contributed by atoms with Crippen molar-refractivity contribution >= 4 is 25.5 Å². The predicted octanol–water partition coefficient (Wildman–Crippen LogP) is 1.42. The molecule has 16 heteroatoms. The molecular weight excluding hydrogens is 406 g/mol. The highest BCUT2D eigenvalue weighted by atomic mass is 32.2. The van der Waals surface area contributed by atoms with Crippen LogP contribution in [0.1, 0.15) is 0 Å². The number of hydrogen-bond acceptors (Lipinski definition) is 6. The minimum absolute atomic E-state index is 0.360. The van der Waals surface area contributed by atoms with E-state index in [-0.39, 0.29) is 0 Å². The summed E-state index contributed by atoms with van der Waals surface area (Å²) in [7, 11) is -13.9. The number of nitriles is 1. The fraction of sp³-hybridized carbons (Fsp3) is 0.444. The van der Waals surface area contributed by atoms with Gasteiger partial charge >= 0.3 is 36.7 Å². The number of halogens is 6. The van der Waals surface area contributed by atoms with Gasteiger partial charge in [0.15, 0.2) is 6.07 Å². The molecule has 0 fully saturated rings. The van der Waals surface area contributed by atoms with Crippen LogP contribution in [0.25, 0.3) is 9.69 Å². The van der Waals surface area contributed by atoms with Gasteiger partial charge in [-0.15, -0.1) is 0 Å². The highest BCUT2D eigenvalue weighted by molar-refractivity contribution is 7.97. The molecule has 1 atom stereocenters. The van der Waals surface area contributed by atoms with E-state index in [2.05, 4.69) is 0 Å². The molecule has 1 N–H and O–H groups in total. The molecule has 0 aromatic rings. The molecule has 0 bridgehead atoms. The van der Waals surface area contributed by atoms with E-state index >= 15 is 0 Å². The molecule has 8 nitrogen and oxygen atoms in total. The van der Waals surface area contributed by atoms with Crippen molar-refractivity contribution in [1.29, 1.82) is 10.7 Å². The Morgan fingerprint density at radius 2 is 1.48 bits per heavy atom. The van der Waals surface area contributed by atoms with E-state index in [9.17, 15) is 43.2 Å². The number of sulfone groups is 2. The molecule has 0 rings (SSSR count). The summed E-state index contributed by atoms with van der Waals surface area (Å²) in [5.74, 6) is -6.68. The lowest BCUT2D eigenvalue weighted by Crippen LogP contribution is -2.61. The van der Waals surface area contributed by atoms with Gasteiger partial charge in [0, 0.05) is 0 Å². The van der Waals surface area contributed by atoms with E-state index in [1.54, 1.807) is 9.69 Å². The van der Waals surface area contributed by atoms with E-state index in [1.807, 2.05) is 0 Å². The molecule has 136 valence electrons. The summed E-state index contributed by atoms with van der Waals surface area (Å²) in [6, 6.07) is 0.360. The lowest BCUT2D eigenvalue weighted by atomic mass is 10.3. The molecule has 0 radical (unpaired) electrons. The summed E-state index contributed by atoms with van der Waals surface area (Å²) in [4.78, 5) is 3.51. The van der Waals surface area contributed by atoms with Crippen LogP contribution in [-0.4, -0.2) is 44.5 Å². The molecule has 0 aromatic heterocycles. The van der Waals surface area contributed by atoms with Gasteiger partial charge in [0.1, 0.15) is 0 Å². The summed E-state index contributed by atoms with van der Waals surface area (Å²) in [6.07, 6.45) is 0. The Labute approximate surface area is 135 Å². The Morgan fingerprint density at radius 3 is 1.76 bits per heavy atom. The minimum atomic E-state index is -7.20. The summed E-state index contributed by atoms with van der Waals surface area (Å²) in [6.45, 7) is 12.3. The molecule has 0 saturated carbocycles. The van der Waals surface area contributed by atoms with Crippen molar-refractivity contribution in [2.45, 2.75) is 21.8 Å². The van der Waals surface area contributed by atoms with Crippen molar-refractivity contribution in [3.8, 4) is 6.07 Å². The maximum Gasteiger partial charge on any atom is 0.423 e. The monoisotopic (exact) mass is 408 g/mol. The molecule has 0 aliphatic rings. The predicted molar refractivity (Wildman–Crippen MR) is 66.5 cm³/mol. The smallest absolute Gasteiger partial charge is 0.279 e. The third-order valence-corrected chi connectivity index (χ3v) is 5.81. The number of rotatable bonds is 6. The van der Waals surface area contributed by atoms with Crippen molar-refractivity contribution in [2.75, 3.05) is 0 Å². The first-order chi connectivity index (χ1) is 11.0. The Kier molecular flexibility index (Phi) is 5.70. The van der Waals surface area contributed by atoms with Crippen molar-refractivity contribution in [3.63, 3.8) is 0 Å². The van der Waals surface area contributed by atoms with Gasteiger partial charge in [-0.25, -0.2) is 28.3 Å². The van der Waals surface area contributed by atoms with Gasteiger partial charge in [0.25, 0.3) is 9.84 Å². The minimum Gasteiger partial charge on any atom is -0.279 e. The molecule has 0 aromatic carbocycles. The first-order valence-electron chi connectivity index (χ1n) is 5.09. The number of hydrogen-bond donors (Lipinski definition) is 1. The molecular formula is C9H2F6N4O4S2. The summed E-state index contributed by atoms with van der Waals surface area (Å²) in [5.41, 5.74) is 0. The molecule has 25 heavy (non-hydrogen) atoms. The van der Waals surface area contributed by atoms with Crippen LogP contribution in [0.2, 0.25) is 0 Å². The molecule has 0 amide bonds. The second-order valence-corrected chi connectivity index (χ2v) is 7.76. The van der Waals surface area contributed by atoms with Crippen LogP contribution in [0.4, 0.5) is 26.3 Å². The maximum atomic E-state index is 13.6. The first-order valence-corrected chi connectivity index (χ1v) is 8.12. The van der Waals surface area contributed by atoms with Crippen molar-refractivity contribution < 1.29 is 43.2 Å². The maximum absolute atomic E-state index is 13.6. The Hall–Kier alpha value is -2.60. The Balaban J connectivity index is 6.81. The number of alkyl halides is 6. The number of nitrogens with one attached hydrogen (secondary N) is 1. The van der Waals surface area contributed by atoms with E-state index in [0.717, 1.165) is 0 Å². The summed E-state index contributed by atoms with van der Waals surface area (Å²) < 4.78 is 126. The van der Waals surface area contributed by atoms with Gasteiger partial charge < -0.3 is 0 Å². The van der Waals surface area contributed by atoms with Crippen LogP contribution in [0, 0.1) is 29.9 Å². The zero-order valence-electron chi connectivity index (χ0n) is 11.1. The normalized spacial score (nSPS) is 14.4. The lowest BCUT2D eigenvalue weighted by Gasteiger charge is -2.30. The fourth-order valence-corrected chi connectivity index (χ4v) is 3.17. The van der Waals surface area contributed by atoms with E-state index in [1.165, 1.54) is 0 Å². The molecule has 0 aliphatic carbocycles. The van der Waals surface area contributed by atoms with Gasteiger partial charge in [0.2, 0.25) is 0 Å². The van der Waals surface area contributed by atoms with Crippen LogP contribution in [0.5, 0.6) is 0 Å². The van der Waals surface area contributed by atoms with Crippen LogP contribution >= 0.6 is 0 Å². The van der Waals surface area contributed by atoms with Gasteiger partial charge in [-0.1, -0.05) is 0 Å². The van der Waals surface area contributed by atoms with Gasteiger partial charge in [-0.2, -0.15) is 31.6 Å². The zero-order chi connectivity index (χ0) is 20.5. The average Bonchev–Trinajstić information content (AvgIpc) is 2.48. The average molecular weight is 408 g/mol. The highest BCUT2D eigenvalue weighted by Crippen LogP contribution is 2.52. The largest absolute Gasteiger partial charge is 0.423 e. The van der Waals surface area contributed by atoms with Crippen LogP contribution < -0.4 is 0 Å². The van der Waals surface area contributed by atoms with E-state index in [4.69, 9.17) is 23.8 Å². The Morgan fingerprint density at radius 1 is 1.04 bits per heavy atom. The summed E-state index contributed by atoms with van der Waals surface area (Å²) >= 11 is 0. The van der Waals surface area contributed by atoms with Crippen LogP contribution in [-0.2, 0) is 19.7 Å². The molecule has 0 saturated heterocycles. The highest BCUT2D eigenvalue weighted by Gasteiger charge is 2.83. The molecule has 1 unspecified atom stereocenters. The third-order valence-electron chi connectivity index (χ3n) is 2.41. The van der Waals surface area contributed by atoms with Gasteiger partial charge in [-0.05, 0) is 5.87 Å². The first kappa shape index (κ1) is 22.4. The zero-order valence-corrected chi connectivity index (χ0v) is 12.8. The van der Waals surface area contributed by atoms with Gasteiger partial charge in [0.05, 0.1) is 6.57 Å². The quantitative estimate of drug-likeness (QED) is 0.404. The second kappa shape index (κ2) is 6.37. The van der Waals surface area contributed by atoms with Gasteiger partial charge in [-0.3, -0.25) is 10.3 Å². The van der Waals surface area contributed by atoms with Crippen LogP contribution in [0.3, 0.4) is 0 Å². The van der Waals surface area contributed by atoms with Crippen LogP contribution in [0.15, 0.2) is 5.03 Å². The SMILES string of the molecule is [C-]#[N+]C(=C=N)S(=O)(=O)C(F)(F)C(F)(F)C(F)(F)S(=O)(=O)C(C#N)[N+]#[C-]. The molecule has 0 heterocycles. The Bertz CT molecular complexity index is 947. The molecule has 0 spiro atoms. The third kappa shape index (κ3) is 2.82. The van der Waals surface area contributed by atoms with Crippen molar-refractivity contribution in [3.05, 3.63) is 27.9 Å². The number of nitrogens with zero attached hydrogens (tertiary/aromatic N) is 3. The van der Waals surface area contributed by atoms with Crippen molar-refractivity contribution in [1.82, 2.24) is 0 Å². The van der Waals surface area contributed by atoms with E-state index in [0.29, 0.717) is 11.9 Å². The fourth-order valence-electron chi connectivity index (χ4n) is 1.10. The lowest BCUT2D eigenvalue weighted by molar-refractivity contribution is -0.243. The van der Waals surface area contributed by atoms with E-state index < -0.39 is 46.5 Å². The second-order valence-electron chi connectivity index (χ2n) is 3.81. The summed E-state index contributed by atoms with van der Waals surface area (Å²) in [5, 5.41) is -5.35. The molecule has 0 aliphatic heterocycles.